The first-order valence-corrected chi connectivity index (χ1v) is 6.18. The molecular weight excluding hydrogens is 208 g/mol. The van der Waals surface area contributed by atoms with E-state index in [-0.39, 0.29) is 6.10 Å². The number of hydrogen-bond acceptors (Lipinski definition) is 4. The third-order valence-electron chi connectivity index (χ3n) is 1.67. The van der Waals surface area contributed by atoms with Gasteiger partial charge in [0.15, 0.2) is 0 Å². The van der Waals surface area contributed by atoms with Crippen molar-refractivity contribution in [3.63, 3.8) is 0 Å². The van der Waals surface area contributed by atoms with Crippen LogP contribution in [0.25, 0.3) is 0 Å². The maximum absolute atomic E-state index is 5.77. The van der Waals surface area contributed by atoms with Crippen LogP contribution >= 0.6 is 11.8 Å². The van der Waals surface area contributed by atoms with Gasteiger partial charge < -0.3 is 10.5 Å². The van der Waals surface area contributed by atoms with Gasteiger partial charge in [-0.25, -0.2) is 4.98 Å². The molecule has 15 heavy (non-hydrogen) atoms. The molecule has 4 heteroatoms. The average Bonchev–Trinajstić information content (AvgIpc) is 2.18. The topological polar surface area (TPSA) is 48.1 Å². The fraction of sp³-hybridized carbons (Fsp3) is 0.545. The maximum Gasteiger partial charge on any atom is 0.238 e. The van der Waals surface area contributed by atoms with E-state index in [0.717, 1.165) is 17.2 Å². The van der Waals surface area contributed by atoms with Gasteiger partial charge in [0, 0.05) is 0 Å². The van der Waals surface area contributed by atoms with E-state index >= 15 is 0 Å². The number of rotatable bonds is 5. The minimum absolute atomic E-state index is 0.103. The van der Waals surface area contributed by atoms with E-state index in [1.807, 2.05) is 26.0 Å². The minimum Gasteiger partial charge on any atom is -0.473 e. The molecule has 0 aromatic carbocycles. The van der Waals surface area contributed by atoms with Crippen LogP contribution in [0.5, 0.6) is 5.88 Å². The van der Waals surface area contributed by atoms with Crippen molar-refractivity contribution in [1.82, 2.24) is 4.98 Å². The summed E-state index contributed by atoms with van der Waals surface area (Å²) in [5.41, 5.74) is 6.37. The summed E-state index contributed by atoms with van der Waals surface area (Å²) in [5.74, 6) is 1.61. The number of ether oxygens (including phenoxy) is 1. The second-order valence-electron chi connectivity index (χ2n) is 3.56. The fourth-order valence-corrected chi connectivity index (χ4v) is 1.76. The van der Waals surface area contributed by atoms with Gasteiger partial charge in [-0.2, -0.15) is 0 Å². The summed E-state index contributed by atoms with van der Waals surface area (Å²) in [6.45, 7) is 6.08. The Bertz CT molecular complexity index is 315. The summed E-state index contributed by atoms with van der Waals surface area (Å²) in [6.07, 6.45) is 1.24. The Morgan fingerprint density at radius 2 is 2.20 bits per heavy atom. The summed E-state index contributed by atoms with van der Waals surface area (Å²) in [4.78, 5) is 4.37. The minimum atomic E-state index is 0.103. The molecule has 0 aliphatic heterocycles. The lowest BCUT2D eigenvalue weighted by Crippen LogP contribution is -2.09. The van der Waals surface area contributed by atoms with Gasteiger partial charge in [-0.3, -0.25) is 0 Å². The molecule has 0 fully saturated rings. The number of nitrogens with two attached hydrogens (primary N) is 1. The zero-order chi connectivity index (χ0) is 11.3. The standard InChI is InChI=1S/C11H18N2OS/c1-4-7-15-10-6-5-9(12)11(13-10)14-8(2)3/h5-6,8H,4,7,12H2,1-3H3. The third kappa shape index (κ3) is 4.00. The third-order valence-corrected chi connectivity index (χ3v) is 2.80. The zero-order valence-corrected chi connectivity index (χ0v) is 10.3. The molecule has 0 saturated heterocycles. The normalized spacial score (nSPS) is 10.7. The SMILES string of the molecule is CCCSc1ccc(N)c(OC(C)C)n1. The second-order valence-corrected chi connectivity index (χ2v) is 4.67. The zero-order valence-electron chi connectivity index (χ0n) is 9.49. The molecule has 0 spiro atoms. The van der Waals surface area contributed by atoms with E-state index in [1.54, 1.807) is 11.8 Å². The lowest BCUT2D eigenvalue weighted by molar-refractivity contribution is 0.232. The molecule has 0 amide bonds. The highest BCUT2D eigenvalue weighted by Crippen LogP contribution is 2.25. The molecule has 1 rings (SSSR count). The Balaban J connectivity index is 2.75. The molecule has 1 aromatic heterocycles. The number of nitrogens with zero attached hydrogens (tertiary/aromatic N) is 1. The van der Waals surface area contributed by atoms with Crippen LogP contribution in [-0.2, 0) is 0 Å². The number of pyridine rings is 1. The largest absolute Gasteiger partial charge is 0.473 e. The summed E-state index contributed by atoms with van der Waals surface area (Å²) in [5, 5.41) is 0.974. The first-order valence-electron chi connectivity index (χ1n) is 5.19. The molecule has 2 N–H and O–H groups in total. The first kappa shape index (κ1) is 12.2. The summed E-state index contributed by atoms with van der Waals surface area (Å²) >= 11 is 1.72. The highest BCUT2D eigenvalue weighted by atomic mass is 32.2. The molecule has 0 aliphatic rings. The maximum atomic E-state index is 5.77. The second kappa shape index (κ2) is 5.85. The van der Waals surface area contributed by atoms with Crippen LogP contribution in [0, 0.1) is 0 Å². The van der Waals surface area contributed by atoms with Gasteiger partial charge in [0.2, 0.25) is 5.88 Å². The van der Waals surface area contributed by atoms with Crippen LogP contribution in [-0.4, -0.2) is 16.8 Å². The van der Waals surface area contributed by atoms with Crippen molar-refractivity contribution in [3.8, 4) is 5.88 Å². The number of aromatic nitrogens is 1. The van der Waals surface area contributed by atoms with Gasteiger partial charge in [0.05, 0.1) is 11.8 Å². The molecule has 0 unspecified atom stereocenters. The highest BCUT2D eigenvalue weighted by molar-refractivity contribution is 7.99. The Hall–Kier alpha value is -0.900. The average molecular weight is 226 g/mol. The molecule has 1 aromatic rings. The van der Waals surface area contributed by atoms with Crippen molar-refractivity contribution in [2.75, 3.05) is 11.5 Å². The van der Waals surface area contributed by atoms with Crippen LogP contribution in [0.4, 0.5) is 5.69 Å². The van der Waals surface area contributed by atoms with Gasteiger partial charge in [-0.15, -0.1) is 11.8 Å². The fourth-order valence-electron chi connectivity index (χ4n) is 1.04. The summed E-state index contributed by atoms with van der Waals surface area (Å²) < 4.78 is 5.52. The molecule has 1 heterocycles. The van der Waals surface area contributed by atoms with Crippen LogP contribution in [0.1, 0.15) is 27.2 Å². The van der Waals surface area contributed by atoms with Crippen LogP contribution in [0.3, 0.4) is 0 Å². The smallest absolute Gasteiger partial charge is 0.238 e. The van der Waals surface area contributed by atoms with Crippen molar-refractivity contribution in [2.45, 2.75) is 38.3 Å². The summed E-state index contributed by atoms with van der Waals surface area (Å²) in [7, 11) is 0. The van der Waals surface area contributed by atoms with Gasteiger partial charge >= 0.3 is 0 Å². The molecular formula is C11H18N2OS. The Labute approximate surface area is 95.4 Å². The highest BCUT2D eigenvalue weighted by Gasteiger charge is 2.06. The molecule has 0 aliphatic carbocycles. The van der Waals surface area contributed by atoms with E-state index in [9.17, 15) is 0 Å². The van der Waals surface area contributed by atoms with Crippen molar-refractivity contribution in [2.24, 2.45) is 0 Å². The van der Waals surface area contributed by atoms with Gasteiger partial charge in [-0.1, -0.05) is 6.92 Å². The number of anilines is 1. The lowest BCUT2D eigenvalue weighted by Gasteiger charge is -2.11. The van der Waals surface area contributed by atoms with E-state index in [2.05, 4.69) is 11.9 Å². The molecule has 0 atom stereocenters. The van der Waals surface area contributed by atoms with Gasteiger partial charge in [0.25, 0.3) is 0 Å². The van der Waals surface area contributed by atoms with Crippen molar-refractivity contribution in [3.05, 3.63) is 12.1 Å². The van der Waals surface area contributed by atoms with E-state index in [0.29, 0.717) is 11.6 Å². The molecule has 0 radical (unpaired) electrons. The van der Waals surface area contributed by atoms with Crippen molar-refractivity contribution >= 4 is 17.4 Å². The van der Waals surface area contributed by atoms with Crippen LogP contribution in [0.2, 0.25) is 0 Å². The Kier molecular flexibility index (Phi) is 4.75. The van der Waals surface area contributed by atoms with Gasteiger partial charge in [-0.05, 0) is 38.2 Å². The molecule has 0 saturated carbocycles. The molecule has 3 nitrogen and oxygen atoms in total. The first-order chi connectivity index (χ1) is 7.13. The predicted octanol–water partition coefficient (Wildman–Crippen LogP) is 2.95. The predicted molar refractivity (Wildman–Crippen MR) is 65.4 cm³/mol. The Morgan fingerprint density at radius 1 is 1.47 bits per heavy atom. The van der Waals surface area contributed by atoms with Gasteiger partial charge in [0.1, 0.15) is 5.03 Å². The quantitative estimate of drug-likeness (QED) is 0.784. The lowest BCUT2D eigenvalue weighted by atomic mass is 10.4. The number of thioether (sulfide) groups is 1. The van der Waals surface area contributed by atoms with E-state index in [1.165, 1.54) is 0 Å². The monoisotopic (exact) mass is 226 g/mol. The number of hydrogen-bond donors (Lipinski definition) is 1. The molecule has 84 valence electrons. The van der Waals surface area contributed by atoms with Crippen LogP contribution in [0.15, 0.2) is 17.2 Å². The Morgan fingerprint density at radius 3 is 2.80 bits per heavy atom. The summed E-state index contributed by atoms with van der Waals surface area (Å²) in [6, 6.07) is 3.78. The van der Waals surface area contributed by atoms with E-state index in [4.69, 9.17) is 10.5 Å². The van der Waals surface area contributed by atoms with Crippen molar-refractivity contribution < 1.29 is 4.74 Å². The number of nitrogen functional groups attached to an aromatic ring is 1. The molecule has 0 bridgehead atoms. The van der Waals surface area contributed by atoms with Crippen LogP contribution < -0.4 is 10.5 Å². The van der Waals surface area contributed by atoms with Crippen molar-refractivity contribution in [1.29, 1.82) is 0 Å². The van der Waals surface area contributed by atoms with E-state index < -0.39 is 0 Å².